The summed E-state index contributed by atoms with van der Waals surface area (Å²) in [6.07, 6.45) is 4.80. The van der Waals surface area contributed by atoms with Gasteiger partial charge in [0.1, 0.15) is 0 Å². The number of hydrogen-bond acceptors (Lipinski definition) is 4. The molecule has 0 N–H and O–H groups in total. The number of rotatable bonds is 2. The van der Waals surface area contributed by atoms with E-state index in [0.717, 1.165) is 9.27 Å². The van der Waals surface area contributed by atoms with Gasteiger partial charge in [0.2, 0.25) is 0 Å². The molecule has 0 atom stereocenters. The Morgan fingerprint density at radius 2 is 2.00 bits per heavy atom. The summed E-state index contributed by atoms with van der Waals surface area (Å²) in [4.78, 5) is 19.1. The third kappa shape index (κ3) is 2.38. The quantitative estimate of drug-likeness (QED) is 0.620. The van der Waals surface area contributed by atoms with Crippen molar-refractivity contribution in [2.45, 2.75) is 14.8 Å². The van der Waals surface area contributed by atoms with Crippen molar-refractivity contribution in [3.63, 3.8) is 0 Å². The molecule has 0 spiro atoms. The van der Waals surface area contributed by atoms with Gasteiger partial charge in [0.25, 0.3) is 0 Å². The molecule has 0 bridgehead atoms. The van der Waals surface area contributed by atoms with Crippen LogP contribution >= 0.6 is 11.6 Å². The van der Waals surface area contributed by atoms with Crippen LogP contribution in [0.2, 0.25) is 20.1 Å². The van der Waals surface area contributed by atoms with Crippen molar-refractivity contribution >= 4 is 33.7 Å². The van der Waals surface area contributed by atoms with Crippen LogP contribution in [0.5, 0.6) is 0 Å². The SMILES string of the molecule is [CH3][Sn]([CH3])([CH3])[c]1nc(Cl)ncc1-c1cnco1. The van der Waals surface area contributed by atoms with E-state index in [1.54, 1.807) is 12.4 Å². The molecule has 0 aliphatic heterocycles. The first-order valence-corrected chi connectivity index (χ1v) is 15.3. The van der Waals surface area contributed by atoms with Gasteiger partial charge in [0.15, 0.2) is 0 Å². The van der Waals surface area contributed by atoms with Crippen LogP contribution in [0.25, 0.3) is 11.3 Å². The van der Waals surface area contributed by atoms with Gasteiger partial charge in [-0.3, -0.25) is 0 Å². The molecular weight excluding hydrogens is 332 g/mol. The van der Waals surface area contributed by atoms with Crippen LogP contribution in [0.1, 0.15) is 0 Å². The van der Waals surface area contributed by atoms with Crippen LogP contribution in [0, 0.1) is 0 Å². The third-order valence-corrected chi connectivity index (χ3v) is 7.49. The standard InChI is InChI=1S/C7H3ClN3O.3CH3.Sn/c8-7-10-1-5(2-11-7)6-3-9-4-12-6;;;;/h1,3-4H;3*1H3;. The molecule has 0 fully saturated rings. The summed E-state index contributed by atoms with van der Waals surface area (Å²) in [5.41, 5.74) is 0.921. The Hall–Kier alpha value is -0.621. The van der Waals surface area contributed by atoms with Gasteiger partial charge in [-0.15, -0.1) is 0 Å². The van der Waals surface area contributed by atoms with Crippen molar-refractivity contribution in [2.24, 2.45) is 0 Å². The van der Waals surface area contributed by atoms with Crippen molar-refractivity contribution in [3.8, 4) is 11.3 Å². The monoisotopic (exact) mass is 345 g/mol. The summed E-state index contributed by atoms with van der Waals surface area (Å²) < 4.78 is 6.36. The van der Waals surface area contributed by atoms with Crippen molar-refractivity contribution in [3.05, 3.63) is 24.1 Å². The molecular formula is C10H12ClN3OSn. The Morgan fingerprint density at radius 3 is 2.56 bits per heavy atom. The number of nitrogens with zero attached hydrogens (tertiary/aromatic N) is 3. The fraction of sp³-hybridized carbons (Fsp3) is 0.300. The predicted molar refractivity (Wildman–Crippen MR) is 65.5 cm³/mol. The molecule has 0 aliphatic carbocycles. The maximum atomic E-state index is 5.85. The van der Waals surface area contributed by atoms with E-state index in [1.807, 2.05) is 0 Å². The van der Waals surface area contributed by atoms with E-state index in [4.69, 9.17) is 16.0 Å². The second-order valence-electron chi connectivity index (χ2n) is 4.52. The molecule has 0 aromatic carbocycles. The molecule has 2 aromatic rings. The summed E-state index contributed by atoms with van der Waals surface area (Å²) in [6.45, 7) is 0. The number of halogens is 1. The van der Waals surface area contributed by atoms with Crippen LogP contribution < -0.4 is 3.71 Å². The second kappa shape index (κ2) is 4.33. The van der Waals surface area contributed by atoms with Crippen LogP contribution in [-0.4, -0.2) is 33.3 Å². The number of aromatic nitrogens is 3. The summed E-state index contributed by atoms with van der Waals surface area (Å²) in [7, 11) is 0. The average Bonchev–Trinajstić information content (AvgIpc) is 2.69. The zero-order chi connectivity index (χ0) is 11.8. The molecule has 0 saturated carbocycles. The van der Waals surface area contributed by atoms with Crippen LogP contribution in [0.15, 0.2) is 23.2 Å². The summed E-state index contributed by atoms with van der Waals surface area (Å²) in [5, 5.41) is 0.296. The van der Waals surface area contributed by atoms with Gasteiger partial charge in [-0.2, -0.15) is 0 Å². The number of hydrogen-bond donors (Lipinski definition) is 0. The second-order valence-corrected chi connectivity index (χ2v) is 19.1. The zero-order valence-corrected chi connectivity index (χ0v) is 13.0. The molecule has 16 heavy (non-hydrogen) atoms. The number of oxazole rings is 1. The molecule has 0 aliphatic rings. The Labute approximate surface area is 103 Å². The first-order valence-electron chi connectivity index (χ1n) is 4.90. The average molecular weight is 344 g/mol. The minimum atomic E-state index is -2.34. The summed E-state index contributed by atoms with van der Waals surface area (Å²) >= 11 is 3.51. The van der Waals surface area contributed by atoms with Gasteiger partial charge in [-0.25, -0.2) is 0 Å². The van der Waals surface area contributed by atoms with Gasteiger partial charge in [-0.1, -0.05) is 0 Å². The topological polar surface area (TPSA) is 51.8 Å². The Balaban J connectivity index is 2.62. The first kappa shape index (κ1) is 11.9. The first-order chi connectivity index (χ1) is 7.48. The van der Waals surface area contributed by atoms with E-state index in [2.05, 4.69) is 29.8 Å². The maximum absolute atomic E-state index is 5.85. The van der Waals surface area contributed by atoms with Gasteiger partial charge in [0.05, 0.1) is 0 Å². The van der Waals surface area contributed by atoms with Crippen molar-refractivity contribution < 1.29 is 4.42 Å². The van der Waals surface area contributed by atoms with E-state index >= 15 is 0 Å². The van der Waals surface area contributed by atoms with Gasteiger partial charge >= 0.3 is 103 Å². The fourth-order valence-electron chi connectivity index (χ4n) is 1.46. The van der Waals surface area contributed by atoms with E-state index in [0.29, 0.717) is 11.0 Å². The molecule has 0 radical (unpaired) electrons. The van der Waals surface area contributed by atoms with Crippen molar-refractivity contribution in [2.75, 3.05) is 0 Å². The molecule has 2 aromatic heterocycles. The normalized spacial score (nSPS) is 11.8. The van der Waals surface area contributed by atoms with Crippen LogP contribution in [0.4, 0.5) is 0 Å². The Bertz CT molecular complexity index is 493. The van der Waals surface area contributed by atoms with E-state index in [1.165, 1.54) is 6.39 Å². The van der Waals surface area contributed by atoms with E-state index < -0.39 is 18.4 Å². The Kier molecular flexibility index (Phi) is 3.21. The summed E-state index contributed by atoms with van der Waals surface area (Å²) in [5.74, 6) is 0.707. The van der Waals surface area contributed by atoms with Gasteiger partial charge in [-0.05, 0) is 0 Å². The molecule has 84 valence electrons. The molecule has 4 nitrogen and oxygen atoms in total. The zero-order valence-electron chi connectivity index (χ0n) is 9.36. The van der Waals surface area contributed by atoms with E-state index in [9.17, 15) is 0 Å². The molecule has 6 heteroatoms. The molecule has 0 saturated heterocycles. The van der Waals surface area contributed by atoms with Crippen LogP contribution in [0.3, 0.4) is 0 Å². The fourth-order valence-corrected chi connectivity index (χ4v) is 5.90. The minimum absolute atomic E-state index is 0.296. The summed E-state index contributed by atoms with van der Waals surface area (Å²) in [6, 6.07) is 0. The van der Waals surface area contributed by atoms with Gasteiger partial charge in [0, 0.05) is 0 Å². The molecule has 0 amide bonds. The third-order valence-electron chi connectivity index (χ3n) is 2.17. The van der Waals surface area contributed by atoms with Crippen molar-refractivity contribution in [1.82, 2.24) is 15.0 Å². The predicted octanol–water partition coefficient (Wildman–Crippen LogP) is 2.33. The Morgan fingerprint density at radius 1 is 1.25 bits per heavy atom. The van der Waals surface area contributed by atoms with Gasteiger partial charge < -0.3 is 0 Å². The molecule has 2 heterocycles. The van der Waals surface area contributed by atoms with Crippen molar-refractivity contribution in [1.29, 1.82) is 0 Å². The molecule has 0 unspecified atom stereocenters. The van der Waals surface area contributed by atoms with Crippen LogP contribution in [-0.2, 0) is 0 Å². The van der Waals surface area contributed by atoms with E-state index in [-0.39, 0.29) is 0 Å². The molecule has 2 rings (SSSR count).